The number of hydrogen-bond acceptors (Lipinski definition) is 0. The van der Waals surface area contributed by atoms with Gasteiger partial charge in [-0.1, -0.05) is 131 Å². The molecule has 0 bridgehead atoms. The average Bonchev–Trinajstić information content (AvgIpc) is 2.46. The second-order valence-corrected chi connectivity index (χ2v) is 12.7. The van der Waals surface area contributed by atoms with Crippen LogP contribution in [0.5, 0.6) is 0 Å². The average molecular weight is 526 g/mol. The molecule has 2 atom stereocenters. The van der Waals surface area contributed by atoms with Crippen LogP contribution in [-0.2, 0) is 4.32 Å². The summed E-state index contributed by atoms with van der Waals surface area (Å²) < 4.78 is -0.806. The second kappa shape index (κ2) is 6.64. The second-order valence-electron chi connectivity index (χ2n) is 4.71. The zero-order chi connectivity index (χ0) is 14.8. The van der Waals surface area contributed by atoms with Gasteiger partial charge in [0.2, 0.25) is 0 Å². The van der Waals surface area contributed by atoms with Gasteiger partial charge in [0.25, 0.3) is 0 Å². The molecule has 106 valence electrons. The first-order valence-corrected chi connectivity index (χ1v) is 9.40. The van der Waals surface area contributed by atoms with Crippen LogP contribution in [0.1, 0.15) is 24.0 Å². The van der Waals surface area contributed by atoms with Crippen molar-refractivity contribution in [2.45, 2.75) is 19.3 Å². The molecule has 20 heavy (non-hydrogen) atoms. The maximum atomic E-state index is 3.98. The van der Waals surface area contributed by atoms with Gasteiger partial charge in [-0.25, -0.2) is 0 Å². The van der Waals surface area contributed by atoms with E-state index in [9.17, 15) is 0 Å². The van der Waals surface area contributed by atoms with E-state index in [-0.39, 0.29) is 10.2 Å². The molecule has 0 radical (unpaired) electrons. The van der Waals surface area contributed by atoms with Crippen molar-refractivity contribution >= 4 is 63.7 Å². The Hall–Kier alpha value is 0.360. The Labute approximate surface area is 153 Å². The van der Waals surface area contributed by atoms with Crippen molar-refractivity contribution in [3.8, 4) is 0 Å². The van der Waals surface area contributed by atoms with E-state index < -0.39 is 2.14 Å². The van der Waals surface area contributed by atoms with Gasteiger partial charge >= 0.3 is 0 Å². The summed E-state index contributed by atoms with van der Waals surface area (Å²) in [6, 6.07) is 20.9. The zero-order valence-electron chi connectivity index (χ0n) is 10.9. The predicted molar refractivity (Wildman–Crippen MR) is 101 cm³/mol. The highest BCUT2D eigenvalue weighted by Crippen LogP contribution is 2.61. The van der Waals surface area contributed by atoms with Crippen LogP contribution in [0, 0.1) is 0 Å². The van der Waals surface area contributed by atoms with Crippen LogP contribution < -0.4 is 0 Å². The normalized spacial score (nSPS) is 16.4. The Balaban J connectivity index is 2.54. The molecule has 2 aromatic carbocycles. The van der Waals surface area contributed by atoms with Crippen LogP contribution in [0.2, 0.25) is 0 Å². The van der Waals surface area contributed by atoms with Crippen molar-refractivity contribution in [3.05, 3.63) is 71.8 Å². The lowest BCUT2D eigenvalue weighted by atomic mass is 9.83. The summed E-state index contributed by atoms with van der Waals surface area (Å²) in [5.74, 6) is 0.240. The molecular weight excluding hydrogens is 512 g/mol. The molecule has 2 unspecified atom stereocenters. The molecule has 0 aliphatic heterocycles. The molecule has 0 heterocycles. The van der Waals surface area contributed by atoms with Crippen LogP contribution in [0.25, 0.3) is 0 Å². The lowest BCUT2D eigenvalue weighted by Gasteiger charge is -2.41. The highest BCUT2D eigenvalue weighted by molar-refractivity contribution is 9.40. The number of halogens is 4. The van der Waals surface area contributed by atoms with Crippen LogP contribution >= 0.6 is 63.7 Å². The largest absolute Gasteiger partial charge is 0.154 e. The Bertz CT molecular complexity index is 548. The Morgan fingerprint density at radius 2 is 1.20 bits per heavy atom. The van der Waals surface area contributed by atoms with Gasteiger partial charge in [-0.15, -0.1) is 0 Å². The quantitative estimate of drug-likeness (QED) is 0.382. The van der Waals surface area contributed by atoms with Crippen molar-refractivity contribution in [1.82, 2.24) is 0 Å². The molecule has 0 saturated carbocycles. The minimum atomic E-state index is -0.462. The Kier molecular flexibility index (Phi) is 5.55. The van der Waals surface area contributed by atoms with Crippen LogP contribution in [0.15, 0.2) is 60.7 Å². The van der Waals surface area contributed by atoms with Gasteiger partial charge in [0.1, 0.15) is 0 Å². The van der Waals surface area contributed by atoms with Crippen molar-refractivity contribution in [1.29, 1.82) is 0 Å². The van der Waals surface area contributed by atoms with Crippen LogP contribution in [-0.4, -0.2) is 2.14 Å². The highest BCUT2D eigenvalue weighted by atomic mass is 80.0. The van der Waals surface area contributed by atoms with Gasteiger partial charge in [0.05, 0.1) is 4.32 Å². The molecule has 0 fully saturated rings. The first-order chi connectivity index (χ1) is 9.37. The van der Waals surface area contributed by atoms with E-state index in [4.69, 9.17) is 0 Å². The van der Waals surface area contributed by atoms with E-state index in [1.54, 1.807) is 0 Å². The standard InChI is InChI=1S/C16H14Br4/c1-12(13-8-4-2-5-9-13)15(17,16(18,19)20)14-10-6-3-7-11-14/h2-12H,1H3. The fraction of sp³-hybridized carbons (Fsp3) is 0.250. The van der Waals surface area contributed by atoms with E-state index in [1.165, 1.54) is 11.1 Å². The van der Waals surface area contributed by atoms with E-state index >= 15 is 0 Å². The van der Waals surface area contributed by atoms with Gasteiger partial charge in [-0.3, -0.25) is 0 Å². The fourth-order valence-corrected chi connectivity index (χ4v) is 4.56. The number of alkyl halides is 4. The van der Waals surface area contributed by atoms with Crippen molar-refractivity contribution in [2.75, 3.05) is 0 Å². The molecule has 4 heteroatoms. The molecule has 0 spiro atoms. The number of hydrogen-bond donors (Lipinski definition) is 0. The SMILES string of the molecule is CC(c1ccccc1)C(Br)(c1ccccc1)C(Br)(Br)Br. The minimum absolute atomic E-state index is 0.240. The van der Waals surface area contributed by atoms with Crippen molar-refractivity contribution < 1.29 is 0 Å². The van der Waals surface area contributed by atoms with E-state index in [0.29, 0.717) is 0 Å². The van der Waals surface area contributed by atoms with Gasteiger partial charge in [-0.05, 0) is 11.1 Å². The lowest BCUT2D eigenvalue weighted by Crippen LogP contribution is -2.37. The highest BCUT2D eigenvalue weighted by Gasteiger charge is 2.50. The Morgan fingerprint density at radius 1 is 0.750 bits per heavy atom. The third-order valence-corrected chi connectivity index (χ3v) is 8.71. The van der Waals surface area contributed by atoms with E-state index in [0.717, 1.165) is 0 Å². The molecular formula is C16H14Br4. The third-order valence-electron chi connectivity index (χ3n) is 3.50. The molecule has 0 aromatic heterocycles. The molecule has 0 aliphatic carbocycles. The first kappa shape index (κ1) is 16.7. The van der Waals surface area contributed by atoms with Crippen LogP contribution in [0.3, 0.4) is 0 Å². The number of benzene rings is 2. The summed E-state index contributed by atoms with van der Waals surface area (Å²) in [7, 11) is 0. The van der Waals surface area contributed by atoms with Crippen LogP contribution in [0.4, 0.5) is 0 Å². The molecule has 0 N–H and O–H groups in total. The number of rotatable bonds is 3. The van der Waals surface area contributed by atoms with Crippen molar-refractivity contribution in [3.63, 3.8) is 0 Å². The minimum Gasteiger partial charge on any atom is -0.0760 e. The predicted octanol–water partition coefficient (Wildman–Crippen LogP) is 6.92. The maximum absolute atomic E-state index is 3.98. The van der Waals surface area contributed by atoms with Gasteiger partial charge in [0, 0.05) is 5.92 Å². The molecule has 0 aliphatic rings. The topological polar surface area (TPSA) is 0 Å². The summed E-state index contributed by atoms with van der Waals surface area (Å²) in [4.78, 5) is 0. The third kappa shape index (κ3) is 3.23. The van der Waals surface area contributed by atoms with Crippen molar-refractivity contribution in [2.24, 2.45) is 0 Å². The summed E-state index contributed by atoms with van der Waals surface area (Å²) in [5.41, 5.74) is 2.47. The summed E-state index contributed by atoms with van der Waals surface area (Å²) in [6.07, 6.45) is 0. The zero-order valence-corrected chi connectivity index (χ0v) is 17.2. The molecule has 0 saturated heterocycles. The monoisotopic (exact) mass is 522 g/mol. The Morgan fingerprint density at radius 3 is 1.65 bits per heavy atom. The molecule has 2 aromatic rings. The van der Waals surface area contributed by atoms with Gasteiger partial charge in [-0.2, -0.15) is 0 Å². The smallest absolute Gasteiger partial charge is 0.0760 e. The van der Waals surface area contributed by atoms with Gasteiger partial charge < -0.3 is 0 Å². The van der Waals surface area contributed by atoms with E-state index in [2.05, 4.69) is 119 Å². The molecule has 0 nitrogen and oxygen atoms in total. The molecule has 0 amide bonds. The van der Waals surface area contributed by atoms with Gasteiger partial charge in [0.15, 0.2) is 2.14 Å². The van der Waals surface area contributed by atoms with E-state index in [1.807, 2.05) is 12.1 Å². The lowest BCUT2D eigenvalue weighted by molar-refractivity contribution is 0.567. The maximum Gasteiger partial charge on any atom is 0.154 e. The summed E-state index contributed by atoms with van der Waals surface area (Å²) >= 11 is 15.1. The molecule has 2 rings (SSSR count). The first-order valence-electron chi connectivity index (χ1n) is 6.23. The summed E-state index contributed by atoms with van der Waals surface area (Å²) in [6.45, 7) is 2.22. The summed E-state index contributed by atoms with van der Waals surface area (Å²) in [5, 5.41) is 0. The fourth-order valence-electron chi connectivity index (χ4n) is 2.31.